The van der Waals surface area contributed by atoms with E-state index < -0.39 is 0 Å². The van der Waals surface area contributed by atoms with Gasteiger partial charge in [0, 0.05) is 47.2 Å². The van der Waals surface area contributed by atoms with Crippen LogP contribution in [-0.4, -0.2) is 15.8 Å². The number of benzene rings is 1. The second-order valence-electron chi connectivity index (χ2n) is 8.26. The Morgan fingerprint density at radius 1 is 1.07 bits per heavy atom. The molecule has 0 spiro atoms. The van der Waals surface area contributed by atoms with E-state index in [0.717, 1.165) is 45.3 Å². The number of hydrogen-bond acceptors (Lipinski definition) is 4. The molecule has 0 unspecified atom stereocenters. The molecule has 0 saturated carbocycles. The summed E-state index contributed by atoms with van der Waals surface area (Å²) in [5, 5.41) is 4.72. The van der Waals surface area contributed by atoms with Gasteiger partial charge in [-0.15, -0.1) is 0 Å². The highest BCUT2D eigenvalue weighted by molar-refractivity contribution is 6.12. The number of hydrogen-bond donors (Lipinski definition) is 1. The van der Waals surface area contributed by atoms with Gasteiger partial charge in [0.1, 0.15) is 0 Å². The highest BCUT2D eigenvalue weighted by Crippen LogP contribution is 2.51. The molecule has 3 aromatic rings. The maximum Gasteiger partial charge on any atom is 0.162 e. The summed E-state index contributed by atoms with van der Waals surface area (Å²) in [6.45, 7) is 4.36. The number of carbonyl (C=O) groups excluding carboxylic acids is 1. The van der Waals surface area contributed by atoms with Gasteiger partial charge in [0.2, 0.25) is 0 Å². The van der Waals surface area contributed by atoms with Crippen molar-refractivity contribution in [2.24, 2.45) is 5.41 Å². The highest BCUT2D eigenvalue weighted by Gasteiger charge is 2.40. The van der Waals surface area contributed by atoms with Gasteiger partial charge in [0.15, 0.2) is 5.78 Å². The van der Waals surface area contributed by atoms with Crippen LogP contribution in [0.3, 0.4) is 0 Å². The smallest absolute Gasteiger partial charge is 0.162 e. The maximum atomic E-state index is 13.2. The van der Waals surface area contributed by atoms with E-state index in [4.69, 9.17) is 0 Å². The summed E-state index contributed by atoms with van der Waals surface area (Å²) in [5.74, 6) is 0.231. The fraction of sp³-hybridized carbons (Fsp3) is 0.261. The molecule has 0 amide bonds. The lowest BCUT2D eigenvalue weighted by Crippen LogP contribution is -2.33. The van der Waals surface area contributed by atoms with Crippen molar-refractivity contribution in [1.82, 2.24) is 9.97 Å². The molecule has 2 aliphatic rings. The zero-order valence-electron chi connectivity index (χ0n) is 15.5. The molecule has 0 bridgehead atoms. The average molecular weight is 355 g/mol. The first-order valence-electron chi connectivity index (χ1n) is 9.34. The van der Waals surface area contributed by atoms with Crippen LogP contribution in [0.1, 0.15) is 43.9 Å². The zero-order chi connectivity index (χ0) is 18.6. The SMILES string of the molecule is CC1(C)CC(=O)C2=C(C1)c1c(ccc3ncccc13)N[C@@H]2c1cccnc1. The summed E-state index contributed by atoms with van der Waals surface area (Å²) in [5.41, 5.74) is 6.19. The Labute approximate surface area is 158 Å². The first kappa shape index (κ1) is 16.2. The van der Waals surface area contributed by atoms with Crippen LogP contribution in [0.15, 0.2) is 60.6 Å². The molecular weight excluding hydrogens is 334 g/mol. The topological polar surface area (TPSA) is 54.9 Å². The lowest BCUT2D eigenvalue weighted by atomic mass is 9.68. The number of nitrogens with one attached hydrogen (secondary N) is 1. The van der Waals surface area contributed by atoms with Crippen LogP contribution in [0.4, 0.5) is 5.69 Å². The minimum Gasteiger partial charge on any atom is -0.373 e. The Morgan fingerprint density at radius 3 is 2.74 bits per heavy atom. The van der Waals surface area contributed by atoms with Crippen LogP contribution in [-0.2, 0) is 4.79 Å². The van der Waals surface area contributed by atoms with Crippen molar-refractivity contribution in [2.45, 2.75) is 32.7 Å². The zero-order valence-corrected chi connectivity index (χ0v) is 15.5. The number of pyridine rings is 2. The molecule has 1 aliphatic heterocycles. The second kappa shape index (κ2) is 5.74. The van der Waals surface area contributed by atoms with Crippen LogP contribution in [0.25, 0.3) is 16.5 Å². The first-order valence-corrected chi connectivity index (χ1v) is 9.34. The molecule has 1 aromatic carbocycles. The molecule has 0 saturated heterocycles. The van der Waals surface area contributed by atoms with Crippen molar-refractivity contribution >= 4 is 27.9 Å². The van der Waals surface area contributed by atoms with Gasteiger partial charge in [-0.05, 0) is 47.2 Å². The van der Waals surface area contributed by atoms with Gasteiger partial charge in [-0.25, -0.2) is 0 Å². The molecule has 2 aromatic heterocycles. The molecule has 27 heavy (non-hydrogen) atoms. The Hall–Kier alpha value is -3.01. The van der Waals surface area contributed by atoms with Gasteiger partial charge in [0.25, 0.3) is 0 Å². The fourth-order valence-corrected chi connectivity index (χ4v) is 4.51. The second-order valence-corrected chi connectivity index (χ2v) is 8.26. The van der Waals surface area contributed by atoms with Crippen molar-refractivity contribution in [3.8, 4) is 0 Å². The van der Waals surface area contributed by atoms with E-state index in [1.165, 1.54) is 0 Å². The number of rotatable bonds is 1. The summed E-state index contributed by atoms with van der Waals surface area (Å²) in [7, 11) is 0. The van der Waals surface area contributed by atoms with Crippen LogP contribution < -0.4 is 5.32 Å². The van der Waals surface area contributed by atoms with Crippen molar-refractivity contribution < 1.29 is 4.79 Å². The summed E-state index contributed by atoms with van der Waals surface area (Å²) >= 11 is 0. The van der Waals surface area contributed by atoms with E-state index in [0.29, 0.717) is 6.42 Å². The Morgan fingerprint density at radius 2 is 1.93 bits per heavy atom. The Balaban J connectivity index is 1.82. The number of ketones is 1. The van der Waals surface area contributed by atoms with Crippen LogP contribution in [0, 0.1) is 5.41 Å². The quantitative estimate of drug-likeness (QED) is 0.672. The molecule has 0 radical (unpaired) electrons. The molecule has 5 rings (SSSR count). The monoisotopic (exact) mass is 355 g/mol. The minimum absolute atomic E-state index is 0.0472. The molecule has 134 valence electrons. The first-order chi connectivity index (χ1) is 13.0. The molecule has 1 N–H and O–H groups in total. The summed E-state index contributed by atoms with van der Waals surface area (Å²) < 4.78 is 0. The predicted molar refractivity (Wildman–Crippen MR) is 107 cm³/mol. The Kier molecular flexibility index (Phi) is 3.44. The van der Waals surface area contributed by atoms with Crippen molar-refractivity contribution in [3.63, 3.8) is 0 Å². The lowest BCUT2D eigenvalue weighted by Gasteiger charge is -2.40. The van der Waals surface area contributed by atoms with E-state index in [-0.39, 0.29) is 17.2 Å². The number of allylic oxidation sites excluding steroid dienone is 1. The van der Waals surface area contributed by atoms with E-state index in [9.17, 15) is 4.79 Å². The molecule has 4 nitrogen and oxygen atoms in total. The predicted octanol–water partition coefficient (Wildman–Crippen LogP) is 4.94. The number of Topliss-reactive ketones (excluding diaryl/α,β-unsaturated/α-hetero) is 1. The molecule has 1 aliphatic carbocycles. The van der Waals surface area contributed by atoms with Gasteiger partial charge in [-0.3, -0.25) is 14.8 Å². The van der Waals surface area contributed by atoms with E-state index >= 15 is 0 Å². The Bertz CT molecular complexity index is 1100. The van der Waals surface area contributed by atoms with Gasteiger partial charge in [-0.1, -0.05) is 26.0 Å². The van der Waals surface area contributed by atoms with Crippen molar-refractivity contribution in [1.29, 1.82) is 0 Å². The third kappa shape index (κ3) is 2.55. The van der Waals surface area contributed by atoms with E-state index in [1.807, 2.05) is 36.7 Å². The number of nitrogens with zero attached hydrogens (tertiary/aromatic N) is 2. The van der Waals surface area contributed by atoms with Crippen molar-refractivity contribution in [3.05, 3.63) is 71.7 Å². The van der Waals surface area contributed by atoms with Crippen LogP contribution in [0.2, 0.25) is 0 Å². The average Bonchev–Trinajstić information content (AvgIpc) is 2.66. The van der Waals surface area contributed by atoms with Crippen LogP contribution >= 0.6 is 0 Å². The molecule has 0 fully saturated rings. The third-order valence-electron chi connectivity index (χ3n) is 5.61. The summed E-state index contributed by atoms with van der Waals surface area (Å²) in [6.07, 6.45) is 6.88. The standard InChI is InChI=1S/C23H21N3O/c1-23(2)11-16-20-15-6-4-10-25-17(15)7-8-18(20)26-22(21(16)19(27)12-23)14-5-3-9-24-13-14/h3-10,13,22,26H,11-12H2,1-2H3/t22-/m1/s1. The van der Waals surface area contributed by atoms with Gasteiger partial charge in [0.05, 0.1) is 11.6 Å². The van der Waals surface area contributed by atoms with E-state index in [2.05, 4.69) is 41.3 Å². The van der Waals surface area contributed by atoms with E-state index in [1.54, 1.807) is 6.20 Å². The van der Waals surface area contributed by atoms with Crippen molar-refractivity contribution in [2.75, 3.05) is 5.32 Å². The third-order valence-corrected chi connectivity index (χ3v) is 5.61. The van der Waals surface area contributed by atoms with Gasteiger partial charge >= 0.3 is 0 Å². The largest absolute Gasteiger partial charge is 0.373 e. The van der Waals surface area contributed by atoms with Crippen LogP contribution in [0.5, 0.6) is 0 Å². The number of anilines is 1. The summed E-state index contributed by atoms with van der Waals surface area (Å²) in [6, 6.07) is 12.0. The van der Waals surface area contributed by atoms with Gasteiger partial charge < -0.3 is 5.32 Å². The number of aromatic nitrogens is 2. The molecule has 4 heteroatoms. The minimum atomic E-state index is -0.154. The molecule has 1 atom stereocenters. The fourth-order valence-electron chi connectivity index (χ4n) is 4.51. The molecular formula is C23H21N3O. The normalized spacial score (nSPS) is 20.8. The maximum absolute atomic E-state index is 13.2. The number of carbonyl (C=O) groups is 1. The highest BCUT2D eigenvalue weighted by atomic mass is 16.1. The van der Waals surface area contributed by atoms with Gasteiger partial charge in [-0.2, -0.15) is 0 Å². The summed E-state index contributed by atoms with van der Waals surface area (Å²) in [4.78, 5) is 22.0. The molecule has 3 heterocycles. The number of fused-ring (bicyclic) bond motifs is 4. The lowest BCUT2D eigenvalue weighted by molar-refractivity contribution is -0.118.